The number of hydrogen-bond acceptors (Lipinski definition) is 4. The maximum absolute atomic E-state index is 12.2. The molecule has 0 saturated carbocycles. The van der Waals surface area contributed by atoms with Gasteiger partial charge in [0.25, 0.3) is 11.5 Å². The lowest BCUT2D eigenvalue weighted by Gasteiger charge is -2.07. The Bertz CT molecular complexity index is 707. The zero-order chi connectivity index (χ0) is 14.7. The van der Waals surface area contributed by atoms with Gasteiger partial charge in [0.05, 0.1) is 0 Å². The van der Waals surface area contributed by atoms with Crippen LogP contribution in [-0.4, -0.2) is 26.9 Å². The second kappa shape index (κ2) is 5.73. The third-order valence-corrected chi connectivity index (χ3v) is 3.01. The first-order valence-electron chi connectivity index (χ1n) is 6.54. The first-order chi connectivity index (χ1) is 9.54. The molecule has 20 heavy (non-hydrogen) atoms. The lowest BCUT2D eigenvalue weighted by atomic mass is 10.2. The number of pyridine rings is 1. The normalized spacial score (nSPS) is 10.7. The fourth-order valence-corrected chi connectivity index (χ4v) is 1.89. The summed E-state index contributed by atoms with van der Waals surface area (Å²) in [5.41, 5.74) is 0.345. The van der Waals surface area contributed by atoms with Gasteiger partial charge in [0.15, 0.2) is 5.56 Å². The van der Waals surface area contributed by atoms with Crippen LogP contribution < -0.4 is 10.9 Å². The maximum atomic E-state index is 12.2. The van der Waals surface area contributed by atoms with Crippen LogP contribution in [0, 0.1) is 6.92 Å². The molecule has 2 N–H and O–H groups in total. The average molecular weight is 275 g/mol. The predicted molar refractivity (Wildman–Crippen MR) is 75.1 cm³/mol. The predicted octanol–water partition coefficient (Wildman–Crippen LogP) is 1.24. The molecule has 0 aliphatic heterocycles. The Morgan fingerprint density at radius 1 is 1.50 bits per heavy atom. The van der Waals surface area contributed by atoms with Crippen molar-refractivity contribution < 1.29 is 9.90 Å². The van der Waals surface area contributed by atoms with Crippen LogP contribution in [0.25, 0.3) is 5.65 Å². The number of aromatic nitrogens is 2. The molecule has 106 valence electrons. The number of nitrogens with zero attached hydrogens (tertiary/aromatic N) is 2. The summed E-state index contributed by atoms with van der Waals surface area (Å²) in [4.78, 5) is 28.1. The van der Waals surface area contributed by atoms with Gasteiger partial charge in [-0.1, -0.05) is 13.3 Å². The minimum absolute atomic E-state index is 0.317. The molecule has 0 fully saturated rings. The largest absolute Gasteiger partial charge is 0.493 e. The molecule has 0 aromatic carbocycles. The van der Waals surface area contributed by atoms with Crippen molar-refractivity contribution in [3.05, 3.63) is 39.8 Å². The standard InChI is InChI=1S/C14H17N3O3/c1-3-4-6-15-12(18)11-13(19)16-10-8-9(2)5-7-17(10)14(11)20/h5,7-8,19H,3-4,6H2,1-2H3,(H,15,18). The molecular formula is C14H17N3O3. The third kappa shape index (κ3) is 2.64. The number of amides is 1. The summed E-state index contributed by atoms with van der Waals surface area (Å²) in [5.74, 6) is -1.13. The van der Waals surface area contributed by atoms with Crippen LogP contribution in [0.5, 0.6) is 5.88 Å². The average Bonchev–Trinajstić information content (AvgIpc) is 2.38. The molecule has 2 rings (SSSR count). The highest BCUT2D eigenvalue weighted by Crippen LogP contribution is 2.12. The molecule has 0 radical (unpaired) electrons. The Labute approximate surface area is 116 Å². The zero-order valence-corrected chi connectivity index (χ0v) is 11.5. The van der Waals surface area contributed by atoms with E-state index in [0.717, 1.165) is 18.4 Å². The first-order valence-corrected chi connectivity index (χ1v) is 6.54. The molecule has 0 aliphatic carbocycles. The molecule has 0 spiro atoms. The number of carbonyl (C=O) groups excluding carboxylic acids is 1. The third-order valence-electron chi connectivity index (χ3n) is 3.01. The number of fused-ring (bicyclic) bond motifs is 1. The van der Waals surface area contributed by atoms with Crippen molar-refractivity contribution in [2.45, 2.75) is 26.7 Å². The highest BCUT2D eigenvalue weighted by Gasteiger charge is 2.19. The number of carbonyl (C=O) groups is 1. The lowest BCUT2D eigenvalue weighted by Crippen LogP contribution is -2.32. The van der Waals surface area contributed by atoms with E-state index in [1.807, 2.05) is 13.8 Å². The second-order valence-corrected chi connectivity index (χ2v) is 4.66. The van der Waals surface area contributed by atoms with Gasteiger partial charge in [0.1, 0.15) is 5.65 Å². The van der Waals surface area contributed by atoms with Crippen molar-refractivity contribution in [1.82, 2.24) is 14.7 Å². The van der Waals surface area contributed by atoms with Crippen LogP contribution in [0.4, 0.5) is 0 Å². The smallest absolute Gasteiger partial charge is 0.274 e. The molecule has 0 saturated heterocycles. The fraction of sp³-hybridized carbons (Fsp3) is 0.357. The topological polar surface area (TPSA) is 83.7 Å². The van der Waals surface area contributed by atoms with Crippen LogP contribution in [0.15, 0.2) is 23.1 Å². The molecule has 2 aromatic heterocycles. The number of nitrogens with one attached hydrogen (secondary N) is 1. The highest BCUT2D eigenvalue weighted by atomic mass is 16.3. The van der Waals surface area contributed by atoms with E-state index < -0.39 is 17.3 Å². The van der Waals surface area contributed by atoms with Gasteiger partial charge in [0, 0.05) is 12.7 Å². The van der Waals surface area contributed by atoms with Crippen LogP contribution in [0.2, 0.25) is 0 Å². The minimum atomic E-state index is -0.594. The molecule has 0 bridgehead atoms. The molecule has 2 heterocycles. The molecule has 0 aliphatic rings. The minimum Gasteiger partial charge on any atom is -0.493 e. The lowest BCUT2D eigenvalue weighted by molar-refractivity contribution is 0.0948. The van der Waals surface area contributed by atoms with Gasteiger partial charge in [-0.25, -0.2) is 0 Å². The monoisotopic (exact) mass is 275 g/mol. The van der Waals surface area contributed by atoms with E-state index in [4.69, 9.17) is 0 Å². The summed E-state index contributed by atoms with van der Waals surface area (Å²) >= 11 is 0. The molecule has 6 nitrogen and oxygen atoms in total. The Kier molecular flexibility index (Phi) is 4.02. The molecule has 2 aromatic rings. The number of aromatic hydroxyl groups is 1. The van der Waals surface area contributed by atoms with Crippen LogP contribution in [0.1, 0.15) is 35.7 Å². The summed E-state index contributed by atoms with van der Waals surface area (Å²) < 4.78 is 1.25. The number of unbranched alkanes of at least 4 members (excludes halogenated alkanes) is 1. The summed E-state index contributed by atoms with van der Waals surface area (Å²) in [6.07, 6.45) is 3.29. The Morgan fingerprint density at radius 3 is 2.95 bits per heavy atom. The molecule has 1 amide bonds. The van der Waals surface area contributed by atoms with Gasteiger partial charge >= 0.3 is 0 Å². The first kappa shape index (κ1) is 14.0. The highest BCUT2D eigenvalue weighted by molar-refractivity contribution is 5.96. The summed E-state index contributed by atoms with van der Waals surface area (Å²) in [6.45, 7) is 4.32. The van der Waals surface area contributed by atoms with Gasteiger partial charge in [-0.15, -0.1) is 0 Å². The summed E-state index contributed by atoms with van der Waals surface area (Å²) in [7, 11) is 0. The van der Waals surface area contributed by atoms with Gasteiger partial charge in [-0.3, -0.25) is 14.0 Å². The molecular weight excluding hydrogens is 258 g/mol. The quantitative estimate of drug-likeness (QED) is 0.822. The van der Waals surface area contributed by atoms with Crippen molar-refractivity contribution in [3.63, 3.8) is 0 Å². The van der Waals surface area contributed by atoms with Crippen molar-refractivity contribution in [2.75, 3.05) is 6.54 Å². The van der Waals surface area contributed by atoms with Crippen molar-refractivity contribution >= 4 is 11.6 Å². The number of aryl methyl sites for hydroxylation is 1. The van der Waals surface area contributed by atoms with Crippen molar-refractivity contribution in [1.29, 1.82) is 0 Å². The van der Waals surface area contributed by atoms with Gasteiger partial charge < -0.3 is 10.4 Å². The van der Waals surface area contributed by atoms with E-state index in [-0.39, 0.29) is 5.56 Å². The van der Waals surface area contributed by atoms with E-state index in [1.54, 1.807) is 18.3 Å². The Balaban J connectivity index is 2.46. The summed E-state index contributed by atoms with van der Waals surface area (Å²) in [6, 6.07) is 3.41. The zero-order valence-electron chi connectivity index (χ0n) is 11.5. The number of rotatable bonds is 4. The van der Waals surface area contributed by atoms with E-state index in [9.17, 15) is 14.7 Å². The molecule has 0 atom stereocenters. The van der Waals surface area contributed by atoms with Crippen LogP contribution >= 0.6 is 0 Å². The molecule has 6 heteroatoms. The van der Waals surface area contributed by atoms with E-state index in [1.165, 1.54) is 4.40 Å². The summed E-state index contributed by atoms with van der Waals surface area (Å²) in [5, 5.41) is 12.4. The van der Waals surface area contributed by atoms with E-state index >= 15 is 0 Å². The van der Waals surface area contributed by atoms with Gasteiger partial charge in [-0.2, -0.15) is 4.98 Å². The fourth-order valence-electron chi connectivity index (χ4n) is 1.89. The maximum Gasteiger partial charge on any atom is 0.274 e. The van der Waals surface area contributed by atoms with Crippen LogP contribution in [0.3, 0.4) is 0 Å². The van der Waals surface area contributed by atoms with E-state index in [2.05, 4.69) is 10.3 Å². The van der Waals surface area contributed by atoms with Crippen LogP contribution in [-0.2, 0) is 0 Å². The van der Waals surface area contributed by atoms with E-state index in [0.29, 0.717) is 12.2 Å². The molecule has 0 unspecified atom stereocenters. The number of hydrogen-bond donors (Lipinski definition) is 2. The second-order valence-electron chi connectivity index (χ2n) is 4.66. The Hall–Kier alpha value is -2.37. The SMILES string of the molecule is CCCCNC(=O)c1c(O)nc2cc(C)ccn2c1=O. The Morgan fingerprint density at radius 2 is 2.25 bits per heavy atom. The van der Waals surface area contributed by atoms with Gasteiger partial charge in [0.2, 0.25) is 5.88 Å². The van der Waals surface area contributed by atoms with Crippen molar-refractivity contribution in [3.8, 4) is 5.88 Å². The van der Waals surface area contributed by atoms with Gasteiger partial charge in [-0.05, 0) is 31.0 Å². The van der Waals surface area contributed by atoms with Crippen molar-refractivity contribution in [2.24, 2.45) is 0 Å².